The van der Waals surface area contributed by atoms with Gasteiger partial charge >= 0.3 is 12.1 Å². The number of rotatable bonds is 5. The van der Waals surface area contributed by atoms with Gasteiger partial charge in [-0.2, -0.15) is 13.2 Å². The van der Waals surface area contributed by atoms with E-state index in [2.05, 4.69) is 17.0 Å². The minimum Gasteiger partial charge on any atom is -0.475 e. The van der Waals surface area contributed by atoms with Gasteiger partial charge in [-0.1, -0.05) is 23.7 Å². The lowest BCUT2D eigenvalue weighted by atomic mass is 9.85. The van der Waals surface area contributed by atoms with E-state index >= 15 is 0 Å². The van der Waals surface area contributed by atoms with Crippen molar-refractivity contribution in [3.63, 3.8) is 0 Å². The monoisotopic (exact) mass is 489 g/mol. The topological polar surface area (TPSA) is 82.4 Å². The minimum absolute atomic E-state index is 0.188. The van der Waals surface area contributed by atoms with E-state index in [1.807, 2.05) is 24.0 Å². The molecule has 0 aromatic heterocycles. The first-order valence-electron chi connectivity index (χ1n) is 10.6. The molecule has 1 amide bonds. The van der Waals surface area contributed by atoms with Crippen molar-refractivity contribution in [1.82, 2.24) is 9.80 Å². The Balaban J connectivity index is 0.000000383. The third-order valence-electron chi connectivity index (χ3n) is 6.47. The predicted molar refractivity (Wildman–Crippen MR) is 116 cm³/mol. The molecule has 4 rings (SSSR count). The summed E-state index contributed by atoms with van der Waals surface area (Å²) in [7, 11) is 1.67. The van der Waals surface area contributed by atoms with Gasteiger partial charge in [-0.05, 0) is 43.4 Å². The molecule has 1 spiro atoms. The Kier molecular flexibility index (Phi) is 7.70. The summed E-state index contributed by atoms with van der Waals surface area (Å²) in [5.41, 5.74) is 0.736. The number of hydrogen-bond acceptors (Lipinski definition) is 5. The van der Waals surface area contributed by atoms with Crippen LogP contribution in [-0.2, 0) is 20.9 Å². The highest BCUT2D eigenvalue weighted by molar-refractivity contribution is 6.30. The number of carboxylic acid groups (broad SMARTS) is 1. The third-order valence-corrected chi connectivity index (χ3v) is 6.73. The zero-order valence-corrected chi connectivity index (χ0v) is 19.2. The van der Waals surface area contributed by atoms with Gasteiger partial charge in [0.15, 0.2) is 0 Å². The lowest BCUT2D eigenvalue weighted by molar-refractivity contribution is -0.192. The number of aliphatic carboxylic acids is 1. The van der Waals surface area contributed by atoms with Gasteiger partial charge in [-0.3, -0.25) is 19.6 Å². The smallest absolute Gasteiger partial charge is 0.475 e. The number of methoxy groups -OCH3 is 1. The number of likely N-dealkylation sites (tertiary alicyclic amines) is 1. The van der Waals surface area contributed by atoms with Crippen molar-refractivity contribution in [1.29, 1.82) is 0 Å². The molecule has 1 saturated heterocycles. The number of alkyl halides is 3. The van der Waals surface area contributed by atoms with Gasteiger partial charge in [0.2, 0.25) is 0 Å². The van der Waals surface area contributed by atoms with Crippen molar-refractivity contribution in [3.05, 3.63) is 34.9 Å². The summed E-state index contributed by atoms with van der Waals surface area (Å²) in [6.45, 7) is 5.99. The van der Waals surface area contributed by atoms with E-state index in [-0.39, 0.29) is 5.91 Å². The normalized spacial score (nSPS) is 26.9. The molecular weight excluding hydrogens is 463 g/mol. The van der Waals surface area contributed by atoms with E-state index in [9.17, 15) is 18.0 Å². The van der Waals surface area contributed by atoms with Gasteiger partial charge in [0.1, 0.15) is 11.4 Å². The fourth-order valence-corrected chi connectivity index (χ4v) is 5.12. The molecule has 3 atom stereocenters. The number of carboxylic acids is 1. The van der Waals surface area contributed by atoms with E-state index in [0.717, 1.165) is 43.3 Å². The first-order chi connectivity index (χ1) is 15.5. The minimum atomic E-state index is -5.08. The van der Waals surface area contributed by atoms with Crippen LogP contribution in [0.2, 0.25) is 5.02 Å². The molecule has 2 aliphatic heterocycles. The SMILES string of the molecule is COCCN1C(=O)[C@]2(CC[C@@H]3CN(Cc4ccc(Cl)cc4)C[C@@H]32)N=C1C.O=C(O)C(F)(F)F. The molecule has 2 heterocycles. The van der Waals surface area contributed by atoms with Crippen LogP contribution in [0.4, 0.5) is 13.2 Å². The second-order valence-corrected chi connectivity index (χ2v) is 9.00. The molecule has 33 heavy (non-hydrogen) atoms. The van der Waals surface area contributed by atoms with E-state index < -0.39 is 17.7 Å². The van der Waals surface area contributed by atoms with Crippen LogP contribution in [0, 0.1) is 11.8 Å². The molecule has 1 saturated carbocycles. The first kappa shape index (κ1) is 25.5. The van der Waals surface area contributed by atoms with Crippen molar-refractivity contribution in [3.8, 4) is 0 Å². The van der Waals surface area contributed by atoms with Crippen molar-refractivity contribution >= 4 is 29.3 Å². The quantitative estimate of drug-likeness (QED) is 0.685. The third kappa shape index (κ3) is 5.50. The van der Waals surface area contributed by atoms with Gasteiger partial charge in [0.05, 0.1) is 13.2 Å². The van der Waals surface area contributed by atoms with Crippen LogP contribution < -0.4 is 0 Å². The standard InChI is InChI=1S/C20H26ClN3O2.C2HF3O2/c1-14-22-20(19(25)24(14)9-10-26-2)8-7-16-12-23(13-18(16)20)11-15-3-5-17(21)6-4-15;3-2(4,5)1(6)7/h3-6,16,18H,7-13H2,1-2H3;(H,6,7)/t16-,18+,20-;/m1./s1. The summed E-state index contributed by atoms with van der Waals surface area (Å²) in [6.07, 6.45) is -3.11. The molecule has 0 unspecified atom stereocenters. The molecule has 1 aromatic carbocycles. The van der Waals surface area contributed by atoms with Gasteiger partial charge < -0.3 is 9.84 Å². The first-order valence-corrected chi connectivity index (χ1v) is 11.0. The largest absolute Gasteiger partial charge is 0.490 e. The van der Waals surface area contributed by atoms with E-state index in [1.54, 1.807) is 7.11 Å². The van der Waals surface area contributed by atoms with Crippen molar-refractivity contribution in [2.75, 3.05) is 33.4 Å². The number of carbonyl (C=O) groups excluding carboxylic acids is 1. The van der Waals surface area contributed by atoms with E-state index in [4.69, 9.17) is 31.2 Å². The van der Waals surface area contributed by atoms with Crippen LogP contribution in [0.3, 0.4) is 0 Å². The number of nitrogens with zero attached hydrogens (tertiary/aromatic N) is 3. The van der Waals surface area contributed by atoms with Crippen LogP contribution >= 0.6 is 11.6 Å². The summed E-state index contributed by atoms with van der Waals surface area (Å²) in [5.74, 6) is -0.834. The number of carbonyl (C=O) groups is 2. The molecule has 2 fully saturated rings. The molecule has 1 aliphatic carbocycles. The highest BCUT2D eigenvalue weighted by Gasteiger charge is 2.60. The molecule has 182 valence electrons. The number of aliphatic imine (C=N–C) groups is 1. The molecule has 1 N–H and O–H groups in total. The van der Waals surface area contributed by atoms with Crippen LogP contribution in [0.1, 0.15) is 25.3 Å². The number of fused-ring (bicyclic) bond motifs is 2. The van der Waals surface area contributed by atoms with E-state index in [0.29, 0.717) is 25.0 Å². The maximum absolute atomic E-state index is 13.2. The number of halogens is 4. The molecule has 1 aromatic rings. The fourth-order valence-electron chi connectivity index (χ4n) is 4.99. The molecular formula is C22H27ClF3N3O4. The Morgan fingerprint density at radius 1 is 1.30 bits per heavy atom. The predicted octanol–water partition coefficient (Wildman–Crippen LogP) is 3.46. The Labute approximate surface area is 195 Å². The maximum atomic E-state index is 13.2. The van der Waals surface area contributed by atoms with Crippen molar-refractivity contribution in [2.24, 2.45) is 16.8 Å². The van der Waals surface area contributed by atoms with Crippen molar-refractivity contribution < 1.29 is 32.6 Å². The number of hydrogen-bond donors (Lipinski definition) is 1. The summed E-state index contributed by atoms with van der Waals surface area (Å²) < 4.78 is 36.9. The summed E-state index contributed by atoms with van der Waals surface area (Å²) >= 11 is 5.99. The molecule has 0 bridgehead atoms. The Hall–Kier alpha value is -2.17. The average Bonchev–Trinajstić information content (AvgIpc) is 3.36. The highest BCUT2D eigenvalue weighted by atomic mass is 35.5. The Bertz CT molecular complexity index is 909. The maximum Gasteiger partial charge on any atom is 0.490 e. The second-order valence-electron chi connectivity index (χ2n) is 8.56. The summed E-state index contributed by atoms with van der Waals surface area (Å²) in [6, 6.07) is 8.05. The van der Waals surface area contributed by atoms with Crippen molar-refractivity contribution in [2.45, 2.75) is 38.0 Å². The zero-order valence-electron chi connectivity index (χ0n) is 18.4. The average molecular weight is 490 g/mol. The van der Waals surface area contributed by atoms with Crippen LogP contribution in [0.15, 0.2) is 29.3 Å². The number of amidine groups is 1. The summed E-state index contributed by atoms with van der Waals surface area (Å²) in [4.78, 5) is 31.3. The molecule has 11 heteroatoms. The number of ether oxygens (including phenoxy) is 1. The molecule has 7 nitrogen and oxygen atoms in total. The Morgan fingerprint density at radius 3 is 2.52 bits per heavy atom. The second kappa shape index (κ2) is 9.99. The number of amides is 1. The lowest BCUT2D eigenvalue weighted by Crippen LogP contribution is -2.47. The summed E-state index contributed by atoms with van der Waals surface area (Å²) in [5, 5.41) is 7.89. The van der Waals surface area contributed by atoms with Gasteiger partial charge in [-0.25, -0.2) is 4.79 Å². The lowest BCUT2D eigenvalue weighted by Gasteiger charge is -2.28. The van der Waals surface area contributed by atoms with Gasteiger partial charge in [-0.15, -0.1) is 0 Å². The molecule has 0 radical (unpaired) electrons. The van der Waals surface area contributed by atoms with Crippen LogP contribution in [0.5, 0.6) is 0 Å². The number of benzene rings is 1. The molecule has 3 aliphatic rings. The van der Waals surface area contributed by atoms with Gasteiger partial charge in [0, 0.05) is 37.7 Å². The van der Waals surface area contributed by atoms with Crippen LogP contribution in [-0.4, -0.2) is 77.7 Å². The van der Waals surface area contributed by atoms with Crippen LogP contribution in [0.25, 0.3) is 0 Å². The zero-order chi connectivity index (χ0) is 24.4. The van der Waals surface area contributed by atoms with E-state index in [1.165, 1.54) is 5.56 Å². The Morgan fingerprint density at radius 2 is 1.94 bits per heavy atom. The van der Waals surface area contributed by atoms with Gasteiger partial charge in [0.25, 0.3) is 5.91 Å². The fraction of sp³-hybridized carbons (Fsp3) is 0.591. The highest BCUT2D eigenvalue weighted by Crippen LogP contribution is 2.50.